The van der Waals surface area contributed by atoms with Crippen LogP contribution in [0.15, 0.2) is 176 Å². The molecule has 0 spiro atoms. The van der Waals surface area contributed by atoms with Gasteiger partial charge >= 0.3 is 0 Å². The van der Waals surface area contributed by atoms with Gasteiger partial charge in [-0.1, -0.05) is 193 Å². The van der Waals surface area contributed by atoms with Gasteiger partial charge in [0.2, 0.25) is 0 Å². The summed E-state index contributed by atoms with van der Waals surface area (Å²) in [6, 6.07) is 49.6. The minimum Gasteiger partial charge on any atom is -0.256 e. The van der Waals surface area contributed by atoms with Crippen LogP contribution in [0.4, 0.5) is 0 Å². The summed E-state index contributed by atoms with van der Waals surface area (Å²) >= 11 is 0. The van der Waals surface area contributed by atoms with Gasteiger partial charge in [0.15, 0.2) is 0 Å². The van der Waals surface area contributed by atoms with E-state index in [-0.39, 0.29) is 16.7 Å². The molecule has 62 heavy (non-hydrogen) atoms. The van der Waals surface area contributed by atoms with Crippen molar-refractivity contribution in [3.63, 3.8) is 0 Å². The zero-order valence-electron chi connectivity index (χ0n) is 48.2. The van der Waals surface area contributed by atoms with Crippen LogP contribution in [0.3, 0.4) is 0 Å². The number of nitrogens with zero attached hydrogens (tertiary/aromatic N) is 1. The Hall–Kier alpha value is -6.31. The average Bonchev–Trinajstić information content (AvgIpc) is 3.38. The highest BCUT2D eigenvalue weighted by Crippen LogP contribution is 2.37. The molecule has 0 aliphatic rings. The molecule has 1 heterocycles. The van der Waals surface area contributed by atoms with E-state index in [1.807, 2.05) is 71.9 Å². The van der Waals surface area contributed by atoms with Crippen LogP contribution in [0.5, 0.6) is 0 Å². The van der Waals surface area contributed by atoms with Crippen LogP contribution in [-0.2, 0) is 49.1 Å². The second-order valence-electron chi connectivity index (χ2n) is 18.1. The van der Waals surface area contributed by atoms with Crippen molar-refractivity contribution in [1.29, 1.82) is 0 Å². The fourth-order valence-electron chi connectivity index (χ4n) is 7.98. The Labute approximate surface area is 386 Å². The van der Waals surface area contributed by atoms with Crippen molar-refractivity contribution >= 4 is 32.3 Å². The molecule has 0 N–H and O–H groups in total. The maximum atomic E-state index is 9.58. The van der Waals surface area contributed by atoms with Crippen molar-refractivity contribution in [2.75, 3.05) is 0 Å². The molecule has 0 bridgehead atoms. The molecule has 9 aromatic rings. The van der Waals surface area contributed by atoms with Crippen LogP contribution >= 0.6 is 0 Å². The van der Waals surface area contributed by atoms with Gasteiger partial charge in [0, 0.05) is 28.2 Å². The third-order valence-electron chi connectivity index (χ3n) is 11.5. The topological polar surface area (TPSA) is 12.9 Å². The van der Waals surface area contributed by atoms with E-state index in [1.165, 1.54) is 40.4 Å². The molecular formula is C61H59N. The van der Waals surface area contributed by atoms with E-state index in [2.05, 4.69) is 65.6 Å². The lowest BCUT2D eigenvalue weighted by molar-refractivity contribution is 0.589. The molecule has 0 atom stereocenters. The molecule has 8 aromatic carbocycles. The lowest BCUT2D eigenvalue weighted by atomic mass is 9.85. The highest BCUT2D eigenvalue weighted by atomic mass is 14.7. The Kier molecular flexibility index (Phi) is 8.07. The minimum absolute atomic E-state index is 0.00251. The van der Waals surface area contributed by atoms with Crippen LogP contribution in [0, 0.1) is 0 Å². The summed E-state index contributed by atoms with van der Waals surface area (Å²) < 4.78 is 114. The number of pyridine rings is 1. The molecule has 0 saturated heterocycles. The molecule has 0 unspecified atom stereocenters. The third kappa shape index (κ3) is 9.14. The SMILES string of the molecule is [2H]C([2H])(c1ccc(-c2cc(-c3ccc4c5ccccc5c5ccccc5c4c3)ccn2)cc1)C([2H])([2H])c1cc(C([2H])([2H])C([2H])([2H])c2cccc(C(C)(C)C)c2)cc(C([2H])([2H])C([2H])([2H])c2cccc(C(C)(C)C)c2)c1. The highest BCUT2D eigenvalue weighted by Gasteiger charge is 2.16. The summed E-state index contributed by atoms with van der Waals surface area (Å²) in [5.74, 6) is 0. The molecule has 1 heteroatoms. The van der Waals surface area contributed by atoms with Crippen molar-refractivity contribution in [2.45, 2.75) is 90.6 Å². The maximum absolute atomic E-state index is 9.58. The summed E-state index contributed by atoms with van der Waals surface area (Å²) in [6.07, 6.45) is -15.7. The van der Waals surface area contributed by atoms with Crippen molar-refractivity contribution in [3.8, 4) is 22.4 Å². The molecule has 308 valence electrons. The van der Waals surface area contributed by atoms with E-state index >= 15 is 0 Å². The quantitative estimate of drug-likeness (QED) is 0.119. The third-order valence-corrected chi connectivity index (χ3v) is 11.5. The summed E-state index contributed by atoms with van der Waals surface area (Å²) in [6.45, 7) is 11.7. The van der Waals surface area contributed by atoms with Gasteiger partial charge < -0.3 is 0 Å². The van der Waals surface area contributed by atoms with E-state index in [4.69, 9.17) is 0 Å². The van der Waals surface area contributed by atoms with E-state index < -0.39 is 65.8 Å². The number of rotatable bonds is 11. The van der Waals surface area contributed by atoms with Gasteiger partial charge in [0.05, 0.1) is 5.69 Å². The first kappa shape index (κ1) is 29.1. The fraction of sp³-hybridized carbons (Fsp3) is 0.230. The van der Waals surface area contributed by atoms with Gasteiger partial charge in [-0.15, -0.1) is 0 Å². The Morgan fingerprint density at radius 3 is 1.26 bits per heavy atom. The van der Waals surface area contributed by atoms with Gasteiger partial charge in [-0.05, 0) is 155 Å². The predicted octanol–water partition coefficient (Wildman–Crippen LogP) is 15.8. The Morgan fingerprint density at radius 1 is 0.339 bits per heavy atom. The molecule has 0 aliphatic carbocycles. The van der Waals surface area contributed by atoms with Crippen LogP contribution in [0.2, 0.25) is 0 Å². The van der Waals surface area contributed by atoms with E-state index in [1.54, 1.807) is 42.6 Å². The normalized spacial score (nSPS) is 16.4. The maximum Gasteiger partial charge on any atom is 0.0708 e. The highest BCUT2D eigenvalue weighted by molar-refractivity contribution is 6.25. The molecule has 1 nitrogen and oxygen atoms in total. The summed E-state index contributed by atoms with van der Waals surface area (Å²) in [5, 5.41) is 6.94. The number of aromatic nitrogens is 1. The molecule has 0 radical (unpaired) electrons. The minimum atomic E-state index is -3.02. The van der Waals surface area contributed by atoms with Gasteiger partial charge in [0.25, 0.3) is 0 Å². The van der Waals surface area contributed by atoms with Crippen molar-refractivity contribution in [3.05, 3.63) is 221 Å². The standard InChI is InChI=1S/C61H59N/c1-60(2,3)51-15-11-13-43(38-51)22-25-46-35-45(36-47(37-46)26-23-44-14-12-16-52(39-44)61(4,5)6)24-21-42-27-29-48(30-28-42)59-41-50(33-34-62-59)49-31-32-57-55-19-8-7-17-53(55)54-18-9-10-20-56(54)58(57)40-49/h7-20,27-41H,21-26H2,1-6H3/i21D2,22D2,23D2,24D2,25D2,26D2. The van der Waals surface area contributed by atoms with Gasteiger partial charge in [0.1, 0.15) is 0 Å². The van der Waals surface area contributed by atoms with Crippen molar-refractivity contribution in [2.24, 2.45) is 0 Å². The van der Waals surface area contributed by atoms with E-state index in [0.29, 0.717) is 11.3 Å². The number of hydrogen-bond donors (Lipinski definition) is 0. The second-order valence-corrected chi connectivity index (χ2v) is 18.1. The Morgan fingerprint density at radius 2 is 0.758 bits per heavy atom. The number of hydrogen-bond acceptors (Lipinski definition) is 1. The van der Waals surface area contributed by atoms with Crippen LogP contribution in [-0.4, -0.2) is 4.98 Å². The van der Waals surface area contributed by atoms with E-state index in [0.717, 1.165) is 56.6 Å². The first-order chi connectivity index (χ1) is 34.5. The predicted molar refractivity (Wildman–Crippen MR) is 267 cm³/mol. The first-order valence-corrected chi connectivity index (χ1v) is 21.3. The molecule has 1 aromatic heterocycles. The second kappa shape index (κ2) is 17.2. The number of fused-ring (bicyclic) bond motifs is 6. The van der Waals surface area contributed by atoms with Crippen LogP contribution < -0.4 is 0 Å². The lowest BCUT2D eigenvalue weighted by Crippen LogP contribution is -2.11. The molecular weight excluding hydrogens is 747 g/mol. The zero-order chi connectivity index (χ0) is 53.6. The van der Waals surface area contributed by atoms with Crippen molar-refractivity contribution < 1.29 is 16.4 Å². The number of benzene rings is 8. The molecule has 0 amide bonds. The van der Waals surface area contributed by atoms with Gasteiger partial charge in [-0.2, -0.15) is 0 Å². The van der Waals surface area contributed by atoms with Crippen molar-refractivity contribution in [1.82, 2.24) is 4.98 Å². The molecule has 0 saturated carbocycles. The van der Waals surface area contributed by atoms with Crippen LogP contribution in [0.25, 0.3) is 54.7 Å². The summed E-state index contributed by atoms with van der Waals surface area (Å²) in [7, 11) is 0. The molecule has 0 fully saturated rings. The summed E-state index contributed by atoms with van der Waals surface area (Å²) in [4.78, 5) is 4.66. The van der Waals surface area contributed by atoms with Gasteiger partial charge in [-0.25, -0.2) is 0 Å². The Balaban J connectivity index is 1.11. The summed E-state index contributed by atoms with van der Waals surface area (Å²) in [5.41, 5.74) is 2.29. The smallest absolute Gasteiger partial charge is 0.0708 e. The zero-order valence-corrected chi connectivity index (χ0v) is 36.2. The largest absolute Gasteiger partial charge is 0.256 e. The number of aryl methyl sites for hydroxylation is 6. The Bertz CT molecular complexity index is 3470. The first-order valence-electron chi connectivity index (χ1n) is 27.3. The fourth-order valence-corrected chi connectivity index (χ4v) is 7.98. The lowest BCUT2D eigenvalue weighted by Gasteiger charge is -2.20. The molecule has 9 rings (SSSR count). The van der Waals surface area contributed by atoms with E-state index in [9.17, 15) is 16.4 Å². The average molecular weight is 818 g/mol. The van der Waals surface area contributed by atoms with Gasteiger partial charge in [-0.3, -0.25) is 4.98 Å². The van der Waals surface area contributed by atoms with Crippen LogP contribution in [0.1, 0.15) is 102 Å². The monoisotopic (exact) mass is 818 g/mol. The molecule has 0 aliphatic heterocycles.